The van der Waals surface area contributed by atoms with E-state index in [1.165, 1.54) is 0 Å². The molecule has 0 bridgehead atoms. The summed E-state index contributed by atoms with van der Waals surface area (Å²) in [6, 6.07) is 9.59. The highest BCUT2D eigenvalue weighted by Gasteiger charge is 2.18. The van der Waals surface area contributed by atoms with E-state index in [1.807, 2.05) is 37.3 Å². The molecule has 0 atom stereocenters. The van der Waals surface area contributed by atoms with Gasteiger partial charge in [0.2, 0.25) is 0 Å². The van der Waals surface area contributed by atoms with Crippen LogP contribution in [0, 0.1) is 13.8 Å². The van der Waals surface area contributed by atoms with Crippen molar-refractivity contribution in [1.29, 1.82) is 0 Å². The molecule has 0 aliphatic heterocycles. The van der Waals surface area contributed by atoms with E-state index in [1.54, 1.807) is 23.7 Å². The summed E-state index contributed by atoms with van der Waals surface area (Å²) in [5, 5.41) is 0. The Morgan fingerprint density at radius 2 is 2.00 bits per heavy atom. The van der Waals surface area contributed by atoms with E-state index >= 15 is 0 Å². The van der Waals surface area contributed by atoms with E-state index in [0.717, 1.165) is 11.3 Å². The van der Waals surface area contributed by atoms with Crippen molar-refractivity contribution in [1.82, 2.24) is 14.4 Å². The number of hydrogen-bond acceptors (Lipinski definition) is 4. The molecule has 0 N–H and O–H groups in total. The molecule has 2 heterocycles. The minimum absolute atomic E-state index is 0.246. The van der Waals surface area contributed by atoms with Gasteiger partial charge >= 0.3 is 5.97 Å². The summed E-state index contributed by atoms with van der Waals surface area (Å²) < 4.78 is 7.11. The van der Waals surface area contributed by atoms with Gasteiger partial charge in [0.15, 0.2) is 11.3 Å². The fourth-order valence-corrected chi connectivity index (χ4v) is 2.21. The topological polar surface area (TPSA) is 56.5 Å². The number of aromatic nitrogens is 3. The Morgan fingerprint density at radius 1 is 1.24 bits per heavy atom. The van der Waals surface area contributed by atoms with Crippen LogP contribution in [0.4, 0.5) is 0 Å². The highest BCUT2D eigenvalue weighted by molar-refractivity contribution is 5.90. The van der Waals surface area contributed by atoms with Crippen molar-refractivity contribution < 1.29 is 9.53 Å². The van der Waals surface area contributed by atoms with Crippen molar-refractivity contribution >= 4 is 11.6 Å². The van der Waals surface area contributed by atoms with E-state index in [-0.39, 0.29) is 12.6 Å². The third-order valence-electron chi connectivity index (χ3n) is 3.22. The van der Waals surface area contributed by atoms with E-state index < -0.39 is 0 Å². The van der Waals surface area contributed by atoms with Crippen LogP contribution in [0.2, 0.25) is 0 Å². The molecule has 3 aromatic rings. The van der Waals surface area contributed by atoms with Crippen molar-refractivity contribution in [2.24, 2.45) is 0 Å². The van der Waals surface area contributed by atoms with Crippen LogP contribution in [-0.2, 0) is 11.3 Å². The second-order valence-electron chi connectivity index (χ2n) is 4.86. The minimum Gasteiger partial charge on any atom is -0.456 e. The average Bonchev–Trinajstić information content (AvgIpc) is 2.81. The Kier molecular flexibility index (Phi) is 3.39. The van der Waals surface area contributed by atoms with Crippen LogP contribution in [0.5, 0.6) is 0 Å². The highest BCUT2D eigenvalue weighted by Crippen LogP contribution is 2.14. The Balaban J connectivity index is 1.87. The molecule has 0 saturated heterocycles. The van der Waals surface area contributed by atoms with Gasteiger partial charge < -0.3 is 4.74 Å². The number of nitrogens with zero attached hydrogens (tertiary/aromatic N) is 3. The summed E-state index contributed by atoms with van der Waals surface area (Å²) in [4.78, 5) is 20.8. The monoisotopic (exact) mass is 281 g/mol. The SMILES string of the molecule is Cc1cn2c(C(=O)OCc3ccccc3)c(C)nc2cn1. The van der Waals surface area contributed by atoms with Crippen LogP contribution in [0.3, 0.4) is 0 Å². The molecule has 0 aliphatic rings. The molecule has 0 spiro atoms. The number of imidazole rings is 1. The van der Waals surface area contributed by atoms with E-state index in [0.29, 0.717) is 17.0 Å². The molecular formula is C16H15N3O2. The molecule has 0 fully saturated rings. The number of aryl methyl sites for hydroxylation is 2. The van der Waals surface area contributed by atoms with Crippen LogP contribution in [-0.4, -0.2) is 20.3 Å². The third kappa shape index (κ3) is 2.63. The molecule has 0 saturated carbocycles. The van der Waals surface area contributed by atoms with Crippen molar-refractivity contribution in [3.8, 4) is 0 Å². The molecule has 3 rings (SSSR count). The number of ether oxygens (including phenoxy) is 1. The van der Waals surface area contributed by atoms with Gasteiger partial charge in [-0.2, -0.15) is 0 Å². The Bertz CT molecular complexity index is 794. The van der Waals surface area contributed by atoms with Crippen molar-refractivity contribution in [2.45, 2.75) is 20.5 Å². The van der Waals surface area contributed by atoms with Gasteiger partial charge in [-0.15, -0.1) is 0 Å². The van der Waals surface area contributed by atoms with Gasteiger partial charge in [0.05, 0.1) is 17.6 Å². The zero-order valence-corrected chi connectivity index (χ0v) is 11.9. The molecular weight excluding hydrogens is 266 g/mol. The van der Waals surface area contributed by atoms with E-state index in [9.17, 15) is 4.79 Å². The zero-order chi connectivity index (χ0) is 14.8. The summed E-state index contributed by atoms with van der Waals surface area (Å²) in [6.07, 6.45) is 3.44. The van der Waals surface area contributed by atoms with E-state index in [4.69, 9.17) is 4.74 Å². The van der Waals surface area contributed by atoms with Crippen molar-refractivity contribution in [2.75, 3.05) is 0 Å². The predicted molar refractivity (Wildman–Crippen MR) is 78.0 cm³/mol. The van der Waals surface area contributed by atoms with Gasteiger partial charge in [-0.1, -0.05) is 30.3 Å². The molecule has 0 amide bonds. The Morgan fingerprint density at radius 3 is 2.76 bits per heavy atom. The maximum Gasteiger partial charge on any atom is 0.357 e. The minimum atomic E-state index is -0.380. The number of carbonyl (C=O) groups is 1. The van der Waals surface area contributed by atoms with Gasteiger partial charge in [-0.3, -0.25) is 9.38 Å². The number of hydrogen-bond donors (Lipinski definition) is 0. The summed E-state index contributed by atoms with van der Waals surface area (Å²) in [6.45, 7) is 3.91. The third-order valence-corrected chi connectivity index (χ3v) is 3.22. The van der Waals surface area contributed by atoms with Crippen LogP contribution in [0.25, 0.3) is 5.65 Å². The number of benzene rings is 1. The lowest BCUT2D eigenvalue weighted by atomic mass is 10.2. The second-order valence-corrected chi connectivity index (χ2v) is 4.86. The standard InChI is InChI=1S/C16H15N3O2/c1-11-9-19-14(8-17-11)18-12(2)15(19)16(20)21-10-13-6-4-3-5-7-13/h3-9H,10H2,1-2H3. The quantitative estimate of drug-likeness (QED) is 0.693. The molecule has 0 radical (unpaired) electrons. The summed E-state index contributed by atoms with van der Waals surface area (Å²) in [7, 11) is 0. The lowest BCUT2D eigenvalue weighted by molar-refractivity contribution is 0.0463. The smallest absolute Gasteiger partial charge is 0.357 e. The number of rotatable bonds is 3. The van der Waals surface area contributed by atoms with Crippen molar-refractivity contribution in [3.05, 3.63) is 65.4 Å². The Labute approximate surface area is 122 Å². The van der Waals surface area contributed by atoms with Crippen LogP contribution in [0.1, 0.15) is 27.4 Å². The summed E-state index contributed by atoms with van der Waals surface area (Å²) >= 11 is 0. The maximum absolute atomic E-state index is 12.3. The molecule has 0 unspecified atom stereocenters. The molecule has 2 aromatic heterocycles. The zero-order valence-electron chi connectivity index (χ0n) is 11.9. The van der Waals surface area contributed by atoms with Crippen LogP contribution < -0.4 is 0 Å². The van der Waals surface area contributed by atoms with Gasteiger partial charge in [-0.05, 0) is 19.4 Å². The number of esters is 1. The lowest BCUT2D eigenvalue weighted by Gasteiger charge is -2.06. The molecule has 21 heavy (non-hydrogen) atoms. The molecule has 5 nitrogen and oxygen atoms in total. The van der Waals surface area contributed by atoms with Gasteiger partial charge in [-0.25, -0.2) is 9.78 Å². The fraction of sp³-hybridized carbons (Fsp3) is 0.188. The second kappa shape index (κ2) is 5.36. The number of fused-ring (bicyclic) bond motifs is 1. The molecule has 5 heteroatoms. The van der Waals surface area contributed by atoms with Gasteiger partial charge in [0.25, 0.3) is 0 Å². The number of carbonyl (C=O) groups excluding carboxylic acids is 1. The first-order valence-electron chi connectivity index (χ1n) is 6.67. The van der Waals surface area contributed by atoms with Crippen LogP contribution >= 0.6 is 0 Å². The van der Waals surface area contributed by atoms with Gasteiger partial charge in [0.1, 0.15) is 6.61 Å². The predicted octanol–water partition coefficient (Wildman–Crippen LogP) is 2.70. The average molecular weight is 281 g/mol. The largest absolute Gasteiger partial charge is 0.456 e. The molecule has 106 valence electrons. The first kappa shape index (κ1) is 13.3. The maximum atomic E-state index is 12.3. The highest BCUT2D eigenvalue weighted by atomic mass is 16.5. The van der Waals surface area contributed by atoms with Crippen LogP contribution in [0.15, 0.2) is 42.7 Å². The first-order valence-corrected chi connectivity index (χ1v) is 6.67. The Hall–Kier alpha value is -2.69. The van der Waals surface area contributed by atoms with Crippen molar-refractivity contribution in [3.63, 3.8) is 0 Å². The first-order chi connectivity index (χ1) is 10.1. The van der Waals surface area contributed by atoms with E-state index in [2.05, 4.69) is 9.97 Å². The van der Waals surface area contributed by atoms with Gasteiger partial charge in [0, 0.05) is 6.20 Å². The summed E-state index contributed by atoms with van der Waals surface area (Å²) in [5.74, 6) is -0.380. The molecule has 0 aliphatic carbocycles. The normalized spacial score (nSPS) is 10.8. The molecule has 1 aromatic carbocycles. The fourth-order valence-electron chi connectivity index (χ4n) is 2.21. The lowest BCUT2D eigenvalue weighted by Crippen LogP contribution is -2.10. The summed E-state index contributed by atoms with van der Waals surface area (Å²) in [5.41, 5.74) is 3.50.